The average molecular weight is 244 g/mol. The van der Waals surface area contributed by atoms with Crippen molar-refractivity contribution in [2.24, 2.45) is 5.73 Å². The fourth-order valence-corrected chi connectivity index (χ4v) is 1.78. The smallest absolute Gasteiger partial charge is 0.217 e. The number of nitrogens with zero attached hydrogens (tertiary/aromatic N) is 1. The van der Waals surface area contributed by atoms with E-state index in [-0.39, 0.29) is 17.4 Å². The van der Waals surface area contributed by atoms with Crippen LogP contribution in [0.1, 0.15) is 64.2 Å². The number of nitro groups is 1. The number of primary amides is 1. The third-order valence-electron chi connectivity index (χ3n) is 2.76. The van der Waals surface area contributed by atoms with Crippen molar-refractivity contribution >= 4 is 5.91 Å². The fourth-order valence-electron chi connectivity index (χ4n) is 1.78. The fraction of sp³-hybridized carbons (Fsp3) is 0.917. The minimum Gasteiger partial charge on any atom is -0.370 e. The minimum absolute atomic E-state index is 0.104. The molecule has 0 heterocycles. The van der Waals surface area contributed by atoms with Gasteiger partial charge < -0.3 is 5.73 Å². The molecule has 0 rings (SSSR count). The van der Waals surface area contributed by atoms with E-state index in [1.807, 2.05) is 0 Å². The third kappa shape index (κ3) is 14.9. The Morgan fingerprint density at radius 1 is 0.882 bits per heavy atom. The maximum absolute atomic E-state index is 10.5. The molecule has 0 atom stereocenters. The number of hydrogen-bond acceptors (Lipinski definition) is 3. The van der Waals surface area contributed by atoms with Crippen LogP contribution in [0.25, 0.3) is 0 Å². The molecular weight excluding hydrogens is 220 g/mol. The lowest BCUT2D eigenvalue weighted by molar-refractivity contribution is -0.480. The first-order valence-electron chi connectivity index (χ1n) is 6.53. The molecule has 5 heteroatoms. The Balaban J connectivity index is 2.98. The van der Waals surface area contributed by atoms with Crippen LogP contribution in [0.5, 0.6) is 0 Å². The summed E-state index contributed by atoms with van der Waals surface area (Å²) < 4.78 is 0. The molecule has 0 aliphatic carbocycles. The summed E-state index contributed by atoms with van der Waals surface area (Å²) in [5.41, 5.74) is 5.04. The second kappa shape index (κ2) is 11.4. The molecule has 0 radical (unpaired) electrons. The molecule has 17 heavy (non-hydrogen) atoms. The van der Waals surface area contributed by atoms with Crippen LogP contribution >= 0.6 is 0 Å². The van der Waals surface area contributed by atoms with E-state index in [0.29, 0.717) is 12.8 Å². The number of carbonyl (C=O) groups is 1. The van der Waals surface area contributed by atoms with Crippen molar-refractivity contribution in [3.05, 3.63) is 10.1 Å². The summed E-state index contributed by atoms with van der Waals surface area (Å²) in [5.74, 6) is -0.212. The van der Waals surface area contributed by atoms with Gasteiger partial charge in [0, 0.05) is 17.8 Å². The van der Waals surface area contributed by atoms with Crippen LogP contribution in [0.3, 0.4) is 0 Å². The van der Waals surface area contributed by atoms with E-state index in [4.69, 9.17) is 5.73 Å². The highest BCUT2D eigenvalue weighted by Gasteiger charge is 1.97. The summed E-state index contributed by atoms with van der Waals surface area (Å²) in [7, 11) is 0. The zero-order valence-electron chi connectivity index (χ0n) is 10.5. The van der Waals surface area contributed by atoms with E-state index in [1.54, 1.807) is 0 Å². The summed E-state index contributed by atoms with van der Waals surface area (Å²) >= 11 is 0. The molecule has 0 aliphatic heterocycles. The molecule has 0 unspecified atom stereocenters. The Hall–Kier alpha value is -1.13. The topological polar surface area (TPSA) is 86.2 Å². The molecule has 2 N–H and O–H groups in total. The summed E-state index contributed by atoms with van der Waals surface area (Å²) in [6.07, 6.45) is 9.92. The van der Waals surface area contributed by atoms with E-state index in [2.05, 4.69) is 0 Å². The second-order valence-electron chi connectivity index (χ2n) is 4.45. The normalized spacial score (nSPS) is 10.4. The molecule has 0 saturated heterocycles. The lowest BCUT2D eigenvalue weighted by atomic mass is 10.1. The zero-order chi connectivity index (χ0) is 12.9. The molecule has 0 spiro atoms. The Kier molecular flexibility index (Phi) is 10.6. The first-order valence-corrected chi connectivity index (χ1v) is 6.53. The summed E-state index contributed by atoms with van der Waals surface area (Å²) in [4.78, 5) is 20.3. The van der Waals surface area contributed by atoms with Crippen LogP contribution in [0.15, 0.2) is 0 Å². The molecule has 100 valence electrons. The van der Waals surface area contributed by atoms with Crippen molar-refractivity contribution in [1.29, 1.82) is 0 Å². The van der Waals surface area contributed by atoms with Crippen molar-refractivity contribution in [3.8, 4) is 0 Å². The maximum Gasteiger partial charge on any atom is 0.217 e. The van der Waals surface area contributed by atoms with Gasteiger partial charge in [-0.15, -0.1) is 0 Å². The van der Waals surface area contributed by atoms with Crippen LogP contribution in [-0.2, 0) is 4.79 Å². The average Bonchev–Trinajstić information content (AvgIpc) is 2.25. The van der Waals surface area contributed by atoms with Gasteiger partial charge in [0.1, 0.15) is 0 Å². The van der Waals surface area contributed by atoms with E-state index >= 15 is 0 Å². The number of nitrogens with two attached hydrogens (primary N) is 1. The van der Waals surface area contributed by atoms with E-state index in [1.165, 1.54) is 12.8 Å². The minimum atomic E-state index is -0.251. The predicted molar refractivity (Wildman–Crippen MR) is 67.2 cm³/mol. The van der Waals surface area contributed by atoms with Gasteiger partial charge in [-0.05, 0) is 12.8 Å². The van der Waals surface area contributed by atoms with E-state index in [0.717, 1.165) is 38.5 Å². The van der Waals surface area contributed by atoms with Crippen molar-refractivity contribution in [2.45, 2.75) is 64.2 Å². The molecular formula is C12H24N2O3. The third-order valence-corrected chi connectivity index (χ3v) is 2.76. The molecule has 0 fully saturated rings. The van der Waals surface area contributed by atoms with Crippen LogP contribution in [0.4, 0.5) is 0 Å². The summed E-state index contributed by atoms with van der Waals surface area (Å²) in [6, 6.07) is 0. The molecule has 1 amide bonds. The van der Waals surface area contributed by atoms with Gasteiger partial charge in [-0.25, -0.2) is 0 Å². The van der Waals surface area contributed by atoms with Gasteiger partial charge in [0.15, 0.2) is 0 Å². The number of unbranched alkanes of at least 4 members (excludes halogenated alkanes) is 8. The van der Waals surface area contributed by atoms with Gasteiger partial charge >= 0.3 is 0 Å². The Labute approximate surface area is 103 Å². The van der Waals surface area contributed by atoms with E-state index < -0.39 is 0 Å². The van der Waals surface area contributed by atoms with Gasteiger partial charge in [-0.1, -0.05) is 38.5 Å². The highest BCUT2D eigenvalue weighted by Crippen LogP contribution is 2.10. The van der Waals surface area contributed by atoms with Gasteiger partial charge in [-0.2, -0.15) is 0 Å². The predicted octanol–water partition coefficient (Wildman–Crippen LogP) is 2.65. The van der Waals surface area contributed by atoms with Gasteiger partial charge in [0.05, 0.1) is 0 Å². The molecule has 5 nitrogen and oxygen atoms in total. The largest absolute Gasteiger partial charge is 0.370 e. The first-order chi connectivity index (χ1) is 8.13. The van der Waals surface area contributed by atoms with Crippen molar-refractivity contribution in [3.63, 3.8) is 0 Å². The van der Waals surface area contributed by atoms with Crippen LogP contribution in [0.2, 0.25) is 0 Å². The quantitative estimate of drug-likeness (QED) is 0.325. The highest BCUT2D eigenvalue weighted by atomic mass is 16.6. The zero-order valence-corrected chi connectivity index (χ0v) is 10.5. The molecule has 0 aromatic rings. The van der Waals surface area contributed by atoms with Gasteiger partial charge in [-0.3, -0.25) is 14.9 Å². The summed E-state index contributed by atoms with van der Waals surface area (Å²) in [5, 5.41) is 10.1. The summed E-state index contributed by atoms with van der Waals surface area (Å²) in [6.45, 7) is 0.104. The number of amides is 1. The lowest BCUT2D eigenvalue weighted by Gasteiger charge is -2.01. The molecule has 0 aromatic carbocycles. The van der Waals surface area contributed by atoms with Gasteiger partial charge in [0.25, 0.3) is 0 Å². The lowest BCUT2D eigenvalue weighted by Crippen LogP contribution is -2.09. The number of rotatable bonds is 12. The standard InChI is InChI=1S/C12H24N2O3/c13-12(15)10-8-6-4-2-1-3-5-7-9-11-14(16)17/h1-11H2,(H2,13,15). The number of hydrogen-bond donors (Lipinski definition) is 1. The molecule has 0 saturated carbocycles. The van der Waals surface area contributed by atoms with Crippen molar-refractivity contribution in [1.82, 2.24) is 0 Å². The second-order valence-corrected chi connectivity index (χ2v) is 4.45. The molecule has 0 bridgehead atoms. The highest BCUT2D eigenvalue weighted by molar-refractivity contribution is 5.73. The van der Waals surface area contributed by atoms with Crippen molar-refractivity contribution < 1.29 is 9.72 Å². The SMILES string of the molecule is NC(=O)CCCCCCCCCCC[N+](=O)[O-]. The Morgan fingerprint density at radius 2 is 1.29 bits per heavy atom. The van der Waals surface area contributed by atoms with Crippen molar-refractivity contribution in [2.75, 3.05) is 6.54 Å². The Morgan fingerprint density at radius 3 is 1.71 bits per heavy atom. The van der Waals surface area contributed by atoms with Gasteiger partial charge in [0.2, 0.25) is 12.5 Å². The van der Waals surface area contributed by atoms with Crippen LogP contribution in [0, 0.1) is 10.1 Å². The van der Waals surface area contributed by atoms with E-state index in [9.17, 15) is 14.9 Å². The van der Waals surface area contributed by atoms with Crippen LogP contribution in [-0.4, -0.2) is 17.4 Å². The first kappa shape index (κ1) is 15.9. The molecule has 0 aromatic heterocycles. The maximum atomic E-state index is 10.5. The number of carbonyl (C=O) groups excluding carboxylic acids is 1. The monoisotopic (exact) mass is 244 g/mol. The molecule has 0 aliphatic rings. The Bertz CT molecular complexity index is 198. The van der Waals surface area contributed by atoms with Crippen LogP contribution < -0.4 is 5.73 Å².